The first-order valence-electron chi connectivity index (χ1n) is 10.7. The predicted octanol–water partition coefficient (Wildman–Crippen LogP) is 5.30. The van der Waals surface area contributed by atoms with Crippen molar-refractivity contribution in [2.45, 2.75) is 72.0 Å². The van der Waals surface area contributed by atoms with Crippen LogP contribution in [0.15, 0.2) is 48.5 Å². The van der Waals surface area contributed by atoms with Crippen molar-refractivity contribution >= 4 is 23.4 Å². The van der Waals surface area contributed by atoms with E-state index in [9.17, 15) is 9.59 Å². The Bertz CT molecular complexity index is 835. The Hall–Kier alpha value is -2.33. The number of hydrogen-bond donors (Lipinski definition) is 1. The van der Waals surface area contributed by atoms with Gasteiger partial charge in [0.25, 0.3) is 0 Å². The largest absolute Gasteiger partial charge is 0.352 e. The molecule has 2 aromatic carbocycles. The SMILES string of the molecule is CC[C@H](C(=O)N[C@@H](C)CC)N(Cc1ccc(C)cc1)C(=O)CCc1ccccc1Cl. The lowest BCUT2D eigenvalue weighted by molar-refractivity contribution is -0.141. The Morgan fingerprint density at radius 3 is 2.30 bits per heavy atom. The second kappa shape index (κ2) is 11.8. The minimum atomic E-state index is -0.501. The van der Waals surface area contributed by atoms with Crippen LogP contribution < -0.4 is 5.32 Å². The molecule has 2 aromatic rings. The molecule has 2 rings (SSSR count). The molecule has 5 heteroatoms. The number of nitrogens with zero attached hydrogens (tertiary/aromatic N) is 1. The van der Waals surface area contributed by atoms with Crippen LogP contribution in [0.1, 0.15) is 56.7 Å². The lowest BCUT2D eigenvalue weighted by Gasteiger charge is -2.31. The van der Waals surface area contributed by atoms with Gasteiger partial charge in [0.2, 0.25) is 11.8 Å². The third-order valence-corrected chi connectivity index (χ3v) is 5.80. The molecule has 1 N–H and O–H groups in total. The standard InChI is InChI=1S/C25H33ClN2O2/c1-5-19(4)27-25(30)23(6-2)28(17-20-13-11-18(3)12-14-20)24(29)16-15-21-9-7-8-10-22(21)26/h7-14,19,23H,5-6,15-17H2,1-4H3,(H,27,30)/t19-,23+/m0/s1. The van der Waals surface area contributed by atoms with Crippen LogP contribution in [0.25, 0.3) is 0 Å². The van der Waals surface area contributed by atoms with Gasteiger partial charge in [-0.1, -0.05) is 73.5 Å². The van der Waals surface area contributed by atoms with E-state index in [-0.39, 0.29) is 17.9 Å². The van der Waals surface area contributed by atoms with E-state index in [1.165, 1.54) is 0 Å². The summed E-state index contributed by atoms with van der Waals surface area (Å²) in [6.07, 6.45) is 2.27. The van der Waals surface area contributed by atoms with Crippen LogP contribution in [-0.2, 0) is 22.6 Å². The maximum absolute atomic E-state index is 13.3. The first kappa shape index (κ1) is 23.9. The number of carbonyl (C=O) groups excluding carboxylic acids is 2. The number of halogens is 1. The number of carbonyl (C=O) groups is 2. The van der Waals surface area contributed by atoms with E-state index in [1.807, 2.05) is 76.2 Å². The van der Waals surface area contributed by atoms with Crippen LogP contribution >= 0.6 is 11.6 Å². The quantitative estimate of drug-likeness (QED) is 0.558. The van der Waals surface area contributed by atoms with Gasteiger partial charge < -0.3 is 10.2 Å². The molecule has 0 aliphatic rings. The first-order valence-corrected chi connectivity index (χ1v) is 11.1. The van der Waals surface area contributed by atoms with Crippen molar-refractivity contribution in [1.82, 2.24) is 10.2 Å². The summed E-state index contributed by atoms with van der Waals surface area (Å²) in [7, 11) is 0. The van der Waals surface area contributed by atoms with Gasteiger partial charge in [-0.15, -0.1) is 0 Å². The van der Waals surface area contributed by atoms with E-state index in [2.05, 4.69) is 5.32 Å². The van der Waals surface area contributed by atoms with Crippen molar-refractivity contribution in [2.75, 3.05) is 0 Å². The van der Waals surface area contributed by atoms with E-state index in [1.54, 1.807) is 4.90 Å². The van der Waals surface area contributed by atoms with Gasteiger partial charge in [0, 0.05) is 24.0 Å². The van der Waals surface area contributed by atoms with Gasteiger partial charge in [0.05, 0.1) is 0 Å². The van der Waals surface area contributed by atoms with Crippen LogP contribution in [0.5, 0.6) is 0 Å². The average Bonchev–Trinajstić information content (AvgIpc) is 2.74. The second-order valence-electron chi connectivity index (χ2n) is 7.84. The lowest BCUT2D eigenvalue weighted by atomic mass is 10.1. The number of benzene rings is 2. The molecule has 0 spiro atoms. The monoisotopic (exact) mass is 428 g/mol. The minimum absolute atomic E-state index is 0.0401. The summed E-state index contributed by atoms with van der Waals surface area (Å²) in [6, 6.07) is 15.2. The normalized spacial score (nSPS) is 12.8. The van der Waals surface area contributed by atoms with Gasteiger partial charge in [-0.3, -0.25) is 9.59 Å². The van der Waals surface area contributed by atoms with Gasteiger partial charge in [0.1, 0.15) is 6.04 Å². The van der Waals surface area contributed by atoms with Crippen LogP contribution in [0.4, 0.5) is 0 Å². The molecular weight excluding hydrogens is 396 g/mol. The van der Waals surface area contributed by atoms with Crippen LogP contribution in [0.3, 0.4) is 0 Å². The van der Waals surface area contributed by atoms with Crippen molar-refractivity contribution in [3.8, 4) is 0 Å². The average molecular weight is 429 g/mol. The molecule has 30 heavy (non-hydrogen) atoms. The van der Waals surface area contributed by atoms with E-state index in [0.29, 0.717) is 30.8 Å². The molecule has 0 saturated carbocycles. The number of hydrogen-bond acceptors (Lipinski definition) is 2. The van der Waals surface area contributed by atoms with Gasteiger partial charge >= 0.3 is 0 Å². The second-order valence-corrected chi connectivity index (χ2v) is 8.25. The van der Waals surface area contributed by atoms with E-state index in [0.717, 1.165) is 23.1 Å². The van der Waals surface area contributed by atoms with Gasteiger partial charge in [-0.25, -0.2) is 0 Å². The molecule has 0 radical (unpaired) electrons. The van der Waals surface area contributed by atoms with Crippen LogP contribution in [-0.4, -0.2) is 28.8 Å². The molecule has 0 fully saturated rings. The highest BCUT2D eigenvalue weighted by Crippen LogP contribution is 2.19. The van der Waals surface area contributed by atoms with Crippen molar-refractivity contribution in [2.24, 2.45) is 0 Å². The zero-order valence-corrected chi connectivity index (χ0v) is 19.2. The van der Waals surface area contributed by atoms with Crippen molar-refractivity contribution in [3.63, 3.8) is 0 Å². The van der Waals surface area contributed by atoms with Crippen molar-refractivity contribution in [1.29, 1.82) is 0 Å². The highest BCUT2D eigenvalue weighted by Gasteiger charge is 2.29. The summed E-state index contributed by atoms with van der Waals surface area (Å²) >= 11 is 6.26. The van der Waals surface area contributed by atoms with Crippen molar-refractivity contribution in [3.05, 3.63) is 70.2 Å². The lowest BCUT2D eigenvalue weighted by Crippen LogP contribution is -2.50. The van der Waals surface area contributed by atoms with Gasteiger partial charge in [-0.05, 0) is 50.3 Å². The zero-order valence-electron chi connectivity index (χ0n) is 18.5. The molecular formula is C25H33ClN2O2. The minimum Gasteiger partial charge on any atom is -0.352 e. The van der Waals surface area contributed by atoms with Gasteiger partial charge in [-0.2, -0.15) is 0 Å². The Morgan fingerprint density at radius 1 is 1.03 bits per heavy atom. The molecule has 0 bridgehead atoms. The molecule has 0 unspecified atom stereocenters. The first-order chi connectivity index (χ1) is 14.3. The Balaban J connectivity index is 2.21. The molecule has 0 aliphatic carbocycles. The number of rotatable bonds is 10. The summed E-state index contributed by atoms with van der Waals surface area (Å²) in [6.45, 7) is 8.40. The molecule has 4 nitrogen and oxygen atoms in total. The Labute approximate surface area is 185 Å². The van der Waals surface area contributed by atoms with Crippen LogP contribution in [0, 0.1) is 6.92 Å². The summed E-state index contributed by atoms with van der Waals surface area (Å²) in [5.74, 6) is -0.133. The molecule has 2 atom stereocenters. The summed E-state index contributed by atoms with van der Waals surface area (Å²) in [5.41, 5.74) is 3.12. The summed E-state index contributed by atoms with van der Waals surface area (Å²) < 4.78 is 0. The molecule has 2 amide bonds. The predicted molar refractivity (Wildman–Crippen MR) is 123 cm³/mol. The third-order valence-electron chi connectivity index (χ3n) is 5.43. The number of amides is 2. The maximum atomic E-state index is 13.3. The zero-order chi connectivity index (χ0) is 22.1. The molecule has 162 valence electrons. The van der Waals surface area contributed by atoms with Crippen LogP contribution in [0.2, 0.25) is 5.02 Å². The fourth-order valence-corrected chi connectivity index (χ4v) is 3.57. The smallest absolute Gasteiger partial charge is 0.243 e. The topological polar surface area (TPSA) is 49.4 Å². The highest BCUT2D eigenvalue weighted by molar-refractivity contribution is 6.31. The molecule has 0 heterocycles. The van der Waals surface area contributed by atoms with Gasteiger partial charge in [0.15, 0.2) is 0 Å². The van der Waals surface area contributed by atoms with E-state index in [4.69, 9.17) is 11.6 Å². The Morgan fingerprint density at radius 2 is 1.70 bits per heavy atom. The van der Waals surface area contributed by atoms with E-state index < -0.39 is 6.04 Å². The molecule has 0 aliphatic heterocycles. The third kappa shape index (κ3) is 6.88. The molecule has 0 aromatic heterocycles. The summed E-state index contributed by atoms with van der Waals surface area (Å²) in [4.78, 5) is 27.9. The fourth-order valence-electron chi connectivity index (χ4n) is 3.34. The Kier molecular flexibility index (Phi) is 9.38. The number of nitrogens with one attached hydrogen (secondary N) is 1. The maximum Gasteiger partial charge on any atom is 0.243 e. The highest BCUT2D eigenvalue weighted by atomic mass is 35.5. The fraction of sp³-hybridized carbons (Fsp3) is 0.440. The number of aryl methyl sites for hydroxylation is 2. The summed E-state index contributed by atoms with van der Waals surface area (Å²) in [5, 5.41) is 3.70. The molecule has 0 saturated heterocycles. The van der Waals surface area contributed by atoms with Crippen molar-refractivity contribution < 1.29 is 9.59 Å². The van der Waals surface area contributed by atoms with E-state index >= 15 is 0 Å².